The SMILES string of the molecule is O=S1(=O)CCC(C(F)c2ccc(O)cc2)C1. The number of halogens is 1. The van der Waals surface area contributed by atoms with E-state index in [1.807, 2.05) is 0 Å². The molecule has 16 heavy (non-hydrogen) atoms. The van der Waals surface area contributed by atoms with Crippen LogP contribution in [0.1, 0.15) is 18.2 Å². The van der Waals surface area contributed by atoms with Gasteiger partial charge in [0, 0.05) is 5.92 Å². The Hall–Kier alpha value is -1.10. The predicted molar refractivity (Wildman–Crippen MR) is 58.7 cm³/mol. The minimum Gasteiger partial charge on any atom is -0.508 e. The summed E-state index contributed by atoms with van der Waals surface area (Å²) in [5.74, 6) is -0.366. The molecular formula is C11H13FO3S. The molecule has 2 unspecified atom stereocenters. The summed E-state index contributed by atoms with van der Waals surface area (Å²) in [7, 11) is -3.05. The number of hydrogen-bond donors (Lipinski definition) is 1. The average molecular weight is 244 g/mol. The molecule has 1 aromatic rings. The molecule has 1 aliphatic rings. The highest BCUT2D eigenvalue weighted by molar-refractivity contribution is 7.91. The number of alkyl halides is 1. The first-order valence-electron chi connectivity index (χ1n) is 5.11. The van der Waals surface area contributed by atoms with Crippen LogP contribution in [0.5, 0.6) is 5.75 Å². The average Bonchev–Trinajstić information content (AvgIpc) is 2.59. The molecule has 3 nitrogen and oxygen atoms in total. The van der Waals surface area contributed by atoms with Crippen molar-refractivity contribution in [2.45, 2.75) is 12.6 Å². The number of hydrogen-bond acceptors (Lipinski definition) is 3. The van der Waals surface area contributed by atoms with E-state index in [9.17, 15) is 12.8 Å². The van der Waals surface area contributed by atoms with Gasteiger partial charge < -0.3 is 5.11 Å². The van der Waals surface area contributed by atoms with Crippen molar-refractivity contribution in [1.82, 2.24) is 0 Å². The van der Waals surface area contributed by atoms with E-state index in [0.29, 0.717) is 12.0 Å². The Kier molecular flexibility index (Phi) is 2.88. The summed E-state index contributed by atoms with van der Waals surface area (Å²) in [6, 6.07) is 5.80. The van der Waals surface area contributed by atoms with Gasteiger partial charge in [0.1, 0.15) is 11.9 Å². The number of rotatable bonds is 2. The molecule has 2 rings (SSSR count). The molecule has 5 heteroatoms. The zero-order chi connectivity index (χ0) is 11.8. The Morgan fingerprint density at radius 1 is 1.31 bits per heavy atom. The van der Waals surface area contributed by atoms with Crippen LogP contribution >= 0.6 is 0 Å². The van der Waals surface area contributed by atoms with E-state index >= 15 is 0 Å². The molecule has 0 spiro atoms. The van der Waals surface area contributed by atoms with E-state index < -0.39 is 21.9 Å². The maximum atomic E-state index is 14.0. The normalized spacial score (nSPS) is 25.4. The Balaban J connectivity index is 2.14. The molecule has 0 saturated carbocycles. The molecule has 0 bridgehead atoms. The van der Waals surface area contributed by atoms with Gasteiger partial charge in [-0.15, -0.1) is 0 Å². The van der Waals surface area contributed by atoms with Gasteiger partial charge >= 0.3 is 0 Å². The summed E-state index contributed by atoms with van der Waals surface area (Å²) in [5.41, 5.74) is 0.430. The molecule has 0 amide bonds. The van der Waals surface area contributed by atoms with Gasteiger partial charge in [-0.05, 0) is 24.1 Å². The summed E-state index contributed by atoms with van der Waals surface area (Å²) < 4.78 is 36.4. The monoisotopic (exact) mass is 244 g/mol. The first-order valence-corrected chi connectivity index (χ1v) is 6.93. The molecule has 2 atom stereocenters. The van der Waals surface area contributed by atoms with Crippen molar-refractivity contribution < 1.29 is 17.9 Å². The predicted octanol–water partition coefficient (Wildman–Crippen LogP) is 1.84. The Morgan fingerprint density at radius 2 is 1.94 bits per heavy atom. The van der Waals surface area contributed by atoms with Gasteiger partial charge in [-0.1, -0.05) is 12.1 Å². The number of sulfone groups is 1. The van der Waals surface area contributed by atoms with Gasteiger partial charge in [-0.2, -0.15) is 0 Å². The zero-order valence-corrected chi connectivity index (χ0v) is 9.45. The van der Waals surface area contributed by atoms with Crippen LogP contribution in [0, 0.1) is 5.92 Å². The summed E-state index contributed by atoms with van der Waals surface area (Å²) in [6.07, 6.45) is -0.887. The fourth-order valence-corrected chi connectivity index (χ4v) is 3.80. The number of aromatic hydroxyl groups is 1. The lowest BCUT2D eigenvalue weighted by Crippen LogP contribution is -2.10. The van der Waals surface area contributed by atoms with Crippen molar-refractivity contribution in [3.8, 4) is 5.75 Å². The van der Waals surface area contributed by atoms with Crippen molar-refractivity contribution in [3.05, 3.63) is 29.8 Å². The Bertz CT molecular complexity index is 467. The lowest BCUT2D eigenvalue weighted by molar-refractivity contribution is 0.250. The van der Waals surface area contributed by atoms with Crippen LogP contribution < -0.4 is 0 Å². The Morgan fingerprint density at radius 3 is 2.44 bits per heavy atom. The maximum Gasteiger partial charge on any atom is 0.150 e. The van der Waals surface area contributed by atoms with E-state index in [0.717, 1.165) is 0 Å². The highest BCUT2D eigenvalue weighted by Gasteiger charge is 2.34. The summed E-state index contributed by atoms with van der Waals surface area (Å²) >= 11 is 0. The lowest BCUT2D eigenvalue weighted by atomic mass is 9.97. The van der Waals surface area contributed by atoms with Gasteiger partial charge in [-0.25, -0.2) is 12.8 Å². The molecule has 1 heterocycles. The summed E-state index contributed by atoms with van der Waals surface area (Å²) in [6.45, 7) is 0. The van der Waals surface area contributed by atoms with Gasteiger partial charge in [0.25, 0.3) is 0 Å². The number of phenolic OH excluding ortho intramolecular Hbond substituents is 1. The minimum absolute atomic E-state index is 0.0744. The van der Waals surface area contributed by atoms with E-state index in [-0.39, 0.29) is 17.3 Å². The van der Waals surface area contributed by atoms with Gasteiger partial charge in [0.05, 0.1) is 11.5 Å². The van der Waals surface area contributed by atoms with Gasteiger partial charge in [0.15, 0.2) is 9.84 Å². The first kappa shape index (κ1) is 11.4. The highest BCUT2D eigenvalue weighted by Crippen LogP contribution is 2.34. The summed E-state index contributed by atoms with van der Waals surface area (Å²) in [5, 5.41) is 9.07. The third-order valence-electron chi connectivity index (χ3n) is 2.89. The largest absolute Gasteiger partial charge is 0.508 e. The van der Waals surface area contributed by atoms with Crippen molar-refractivity contribution in [2.24, 2.45) is 5.92 Å². The molecule has 1 aliphatic heterocycles. The topological polar surface area (TPSA) is 54.4 Å². The maximum absolute atomic E-state index is 14.0. The molecule has 0 aromatic heterocycles. The van der Waals surface area contributed by atoms with E-state index in [1.54, 1.807) is 0 Å². The van der Waals surface area contributed by atoms with E-state index in [4.69, 9.17) is 5.11 Å². The second-order valence-electron chi connectivity index (χ2n) is 4.16. The van der Waals surface area contributed by atoms with Crippen LogP contribution in [0.25, 0.3) is 0 Å². The highest BCUT2D eigenvalue weighted by atomic mass is 32.2. The standard InChI is InChI=1S/C11H13FO3S/c12-11(8-1-3-10(13)4-2-8)9-5-6-16(14,15)7-9/h1-4,9,11,13H,5-7H2. The van der Waals surface area contributed by atoms with Crippen LogP contribution in [0.3, 0.4) is 0 Å². The molecule has 1 N–H and O–H groups in total. The second kappa shape index (κ2) is 4.05. The zero-order valence-electron chi connectivity index (χ0n) is 8.64. The molecule has 1 saturated heterocycles. The van der Waals surface area contributed by atoms with Crippen molar-refractivity contribution >= 4 is 9.84 Å². The van der Waals surface area contributed by atoms with Gasteiger partial charge in [-0.3, -0.25) is 0 Å². The van der Waals surface area contributed by atoms with Crippen molar-refractivity contribution in [1.29, 1.82) is 0 Å². The third kappa shape index (κ3) is 2.35. The van der Waals surface area contributed by atoms with Crippen molar-refractivity contribution in [3.63, 3.8) is 0 Å². The van der Waals surface area contributed by atoms with Gasteiger partial charge in [0.2, 0.25) is 0 Å². The second-order valence-corrected chi connectivity index (χ2v) is 6.39. The number of phenols is 1. The van der Waals surface area contributed by atoms with Crippen molar-refractivity contribution in [2.75, 3.05) is 11.5 Å². The third-order valence-corrected chi connectivity index (χ3v) is 4.69. The van der Waals surface area contributed by atoms with Crippen LogP contribution in [-0.2, 0) is 9.84 Å². The molecule has 1 aromatic carbocycles. The van der Waals surface area contributed by atoms with E-state index in [1.165, 1.54) is 24.3 Å². The van der Waals surface area contributed by atoms with Crippen LogP contribution in [0.4, 0.5) is 4.39 Å². The summed E-state index contributed by atoms with van der Waals surface area (Å²) in [4.78, 5) is 0. The molecule has 0 radical (unpaired) electrons. The Labute approximate surface area is 93.8 Å². The quantitative estimate of drug-likeness (QED) is 0.863. The van der Waals surface area contributed by atoms with Crippen LogP contribution in [-0.4, -0.2) is 25.0 Å². The minimum atomic E-state index is -3.05. The molecule has 1 fully saturated rings. The van der Waals surface area contributed by atoms with E-state index in [2.05, 4.69) is 0 Å². The number of benzene rings is 1. The van der Waals surface area contributed by atoms with Crippen LogP contribution in [0.2, 0.25) is 0 Å². The molecule has 0 aliphatic carbocycles. The fourth-order valence-electron chi connectivity index (χ4n) is 1.98. The molecular weight excluding hydrogens is 231 g/mol. The fraction of sp³-hybridized carbons (Fsp3) is 0.455. The smallest absolute Gasteiger partial charge is 0.150 e. The van der Waals surface area contributed by atoms with Crippen LogP contribution in [0.15, 0.2) is 24.3 Å². The first-order chi connectivity index (χ1) is 7.48. The lowest BCUT2D eigenvalue weighted by Gasteiger charge is -2.14. The molecule has 88 valence electrons.